The lowest BCUT2D eigenvalue weighted by molar-refractivity contribution is 0.164. The fourth-order valence-electron chi connectivity index (χ4n) is 9.22. The maximum atomic E-state index is 6.82. The molecular weight excluding hydrogens is 643 g/mol. The second kappa shape index (κ2) is 11.2. The van der Waals surface area contributed by atoms with Crippen molar-refractivity contribution in [2.75, 3.05) is 0 Å². The van der Waals surface area contributed by atoms with Crippen LogP contribution in [-0.2, 0) is 5.41 Å². The molecule has 6 aromatic carbocycles. The van der Waals surface area contributed by atoms with Crippen LogP contribution in [-0.4, -0.2) is 21.1 Å². The highest BCUT2D eigenvalue weighted by Crippen LogP contribution is 2.64. The largest absolute Gasteiger partial charge is 0.489 e. The predicted molar refractivity (Wildman–Crippen MR) is 203 cm³/mol. The fraction of sp³-hybridized carbons (Fsp3) is 0.152. The molecule has 0 N–H and O–H groups in total. The molecule has 7 aromatic rings. The zero-order valence-corrected chi connectivity index (χ0v) is 28.7. The third-order valence-corrected chi connectivity index (χ3v) is 12.6. The van der Waals surface area contributed by atoms with Crippen LogP contribution in [0.3, 0.4) is 0 Å². The van der Waals surface area contributed by atoms with Crippen LogP contribution in [0.5, 0.6) is 5.75 Å². The molecule has 2 aliphatic heterocycles. The van der Waals surface area contributed by atoms with E-state index in [1.165, 1.54) is 68.0 Å². The van der Waals surface area contributed by atoms with Crippen LogP contribution in [0.2, 0.25) is 0 Å². The molecule has 244 valence electrons. The van der Waals surface area contributed by atoms with E-state index in [2.05, 4.69) is 103 Å². The Hall–Kier alpha value is -5.52. The Morgan fingerprint density at radius 1 is 0.529 bits per heavy atom. The predicted octanol–water partition coefficient (Wildman–Crippen LogP) is 11.1. The lowest BCUT2D eigenvalue weighted by Crippen LogP contribution is -2.32. The summed E-state index contributed by atoms with van der Waals surface area (Å²) < 4.78 is 6.82. The van der Waals surface area contributed by atoms with Crippen LogP contribution in [0, 0.1) is 0 Å². The van der Waals surface area contributed by atoms with E-state index in [1.54, 1.807) is 0 Å². The Morgan fingerprint density at radius 2 is 1.16 bits per heavy atom. The van der Waals surface area contributed by atoms with Gasteiger partial charge >= 0.3 is 0 Å². The Morgan fingerprint density at radius 3 is 1.94 bits per heavy atom. The number of hydrogen-bond acceptors (Lipinski definition) is 5. The fourth-order valence-corrected chi connectivity index (χ4v) is 10.5. The highest BCUT2D eigenvalue weighted by atomic mass is 32.2. The minimum atomic E-state index is -0.525. The molecule has 4 nitrogen and oxygen atoms in total. The van der Waals surface area contributed by atoms with Gasteiger partial charge in [-0.1, -0.05) is 140 Å². The molecule has 1 fully saturated rings. The second-order valence-electron chi connectivity index (χ2n) is 14.1. The number of aromatic nitrogens is 3. The van der Waals surface area contributed by atoms with Crippen LogP contribution in [0.4, 0.5) is 0 Å². The van der Waals surface area contributed by atoms with Crippen molar-refractivity contribution >= 4 is 11.8 Å². The van der Waals surface area contributed by atoms with Crippen LogP contribution < -0.4 is 4.74 Å². The summed E-state index contributed by atoms with van der Waals surface area (Å²) in [6, 6.07) is 50.1. The molecule has 0 radical (unpaired) electrons. The minimum Gasteiger partial charge on any atom is -0.489 e. The maximum Gasteiger partial charge on any atom is 0.165 e. The number of benzene rings is 6. The molecule has 1 aromatic heterocycles. The topological polar surface area (TPSA) is 47.9 Å². The third-order valence-electron chi connectivity index (χ3n) is 11.4. The average molecular weight is 676 g/mol. The molecule has 4 aliphatic rings. The van der Waals surface area contributed by atoms with Gasteiger partial charge < -0.3 is 4.74 Å². The second-order valence-corrected chi connectivity index (χ2v) is 15.1. The zero-order chi connectivity index (χ0) is 33.5. The Kier molecular flexibility index (Phi) is 6.44. The van der Waals surface area contributed by atoms with Gasteiger partial charge in [-0.05, 0) is 70.8 Å². The van der Waals surface area contributed by atoms with E-state index in [0.717, 1.165) is 28.9 Å². The smallest absolute Gasteiger partial charge is 0.165 e. The summed E-state index contributed by atoms with van der Waals surface area (Å²) in [6.45, 7) is 0. The summed E-state index contributed by atoms with van der Waals surface area (Å²) in [7, 11) is 0. The first-order valence-electron chi connectivity index (χ1n) is 18.0. The number of fused-ring (bicyclic) bond motifs is 12. The van der Waals surface area contributed by atoms with Crippen molar-refractivity contribution in [1.29, 1.82) is 0 Å². The SMILES string of the molecule is c1ccc(-c2nc(-c3ccccc3)nc(-c3cccc4c3Sc3ccccc3C43c4ccccc4-c4cc5c(cc43)OC3CCCCC53)n2)cc1. The molecule has 0 saturated heterocycles. The monoisotopic (exact) mass is 675 g/mol. The van der Waals surface area contributed by atoms with Gasteiger partial charge in [0.15, 0.2) is 17.5 Å². The summed E-state index contributed by atoms with van der Waals surface area (Å²) in [5.74, 6) is 3.56. The Bertz CT molecular complexity index is 2460. The van der Waals surface area contributed by atoms with Crippen molar-refractivity contribution in [2.45, 2.75) is 52.9 Å². The van der Waals surface area contributed by atoms with Crippen molar-refractivity contribution in [3.8, 4) is 51.0 Å². The molecule has 5 heteroatoms. The Labute approximate surface area is 301 Å². The highest BCUT2D eigenvalue weighted by Gasteiger charge is 2.52. The van der Waals surface area contributed by atoms with Gasteiger partial charge in [0.1, 0.15) is 11.9 Å². The van der Waals surface area contributed by atoms with E-state index in [-0.39, 0.29) is 6.10 Å². The lowest BCUT2D eigenvalue weighted by Gasteiger charge is -2.40. The first-order chi connectivity index (χ1) is 25.3. The van der Waals surface area contributed by atoms with Gasteiger partial charge in [0.25, 0.3) is 0 Å². The van der Waals surface area contributed by atoms with Gasteiger partial charge in [-0.2, -0.15) is 0 Å². The molecular formula is C46H33N3OS. The first-order valence-corrected chi connectivity index (χ1v) is 18.8. The van der Waals surface area contributed by atoms with Gasteiger partial charge in [0, 0.05) is 38.0 Å². The van der Waals surface area contributed by atoms with Crippen molar-refractivity contribution < 1.29 is 4.74 Å². The number of nitrogens with zero attached hydrogens (tertiary/aromatic N) is 3. The molecule has 0 bridgehead atoms. The Balaban J connectivity index is 1.19. The number of ether oxygens (including phenoxy) is 1. The lowest BCUT2D eigenvalue weighted by atomic mass is 9.67. The van der Waals surface area contributed by atoms with Crippen LogP contribution in [0.1, 0.15) is 59.4 Å². The van der Waals surface area contributed by atoms with Crippen LogP contribution >= 0.6 is 11.8 Å². The van der Waals surface area contributed by atoms with E-state index >= 15 is 0 Å². The number of hydrogen-bond donors (Lipinski definition) is 0. The summed E-state index contributed by atoms with van der Waals surface area (Å²) in [5, 5.41) is 0. The molecule has 2 aliphatic carbocycles. The molecule has 11 rings (SSSR count). The molecule has 3 unspecified atom stereocenters. The molecule has 0 amide bonds. The minimum absolute atomic E-state index is 0.289. The summed E-state index contributed by atoms with van der Waals surface area (Å²) >= 11 is 1.83. The third kappa shape index (κ3) is 4.25. The number of rotatable bonds is 3. The van der Waals surface area contributed by atoms with Gasteiger partial charge in [-0.3, -0.25) is 0 Å². The average Bonchev–Trinajstić information content (AvgIpc) is 3.70. The zero-order valence-electron chi connectivity index (χ0n) is 27.9. The van der Waals surface area contributed by atoms with Crippen molar-refractivity contribution in [3.63, 3.8) is 0 Å². The maximum absolute atomic E-state index is 6.82. The van der Waals surface area contributed by atoms with Crippen molar-refractivity contribution in [2.24, 2.45) is 0 Å². The van der Waals surface area contributed by atoms with Crippen molar-refractivity contribution in [3.05, 3.63) is 167 Å². The van der Waals surface area contributed by atoms with Crippen LogP contribution in [0.15, 0.2) is 149 Å². The van der Waals surface area contributed by atoms with Gasteiger partial charge in [0.2, 0.25) is 0 Å². The normalized spacial score (nSPS) is 20.4. The summed E-state index contributed by atoms with van der Waals surface area (Å²) in [4.78, 5) is 17.8. The molecule has 3 heterocycles. The molecule has 51 heavy (non-hydrogen) atoms. The van der Waals surface area contributed by atoms with Gasteiger partial charge in [0.05, 0.1) is 5.41 Å². The molecule has 1 saturated carbocycles. The molecule has 3 atom stereocenters. The van der Waals surface area contributed by atoms with E-state index in [0.29, 0.717) is 23.4 Å². The van der Waals surface area contributed by atoms with E-state index in [9.17, 15) is 0 Å². The van der Waals surface area contributed by atoms with Crippen molar-refractivity contribution in [1.82, 2.24) is 15.0 Å². The van der Waals surface area contributed by atoms with Crippen LogP contribution in [0.25, 0.3) is 45.3 Å². The highest BCUT2D eigenvalue weighted by molar-refractivity contribution is 7.99. The van der Waals surface area contributed by atoms with Gasteiger partial charge in [-0.15, -0.1) is 0 Å². The molecule has 1 spiro atoms. The van der Waals surface area contributed by atoms with E-state index < -0.39 is 5.41 Å². The van der Waals surface area contributed by atoms with E-state index in [4.69, 9.17) is 19.7 Å². The summed E-state index contributed by atoms with van der Waals surface area (Å²) in [6.07, 6.45) is 5.15. The summed E-state index contributed by atoms with van der Waals surface area (Å²) in [5.41, 5.74) is 11.6. The standard InChI is InChI=1S/C46H33N3OS/c1-3-14-28(15-4-1)43-47-44(29-16-5-2-6-17-29)49-45(48-43)32-20-13-23-37-42(32)51-41-25-12-10-22-36(41)46(37)35-21-9-7-18-30(35)33-26-34-31-19-8-11-24-39(31)50-40(34)27-38(33)46/h1-7,9-10,12-18,20-23,25-27,31,39H,8,11,19,24H2. The first kappa shape index (κ1) is 29.2. The quantitative estimate of drug-likeness (QED) is 0.187. The van der Waals surface area contributed by atoms with Gasteiger partial charge in [-0.25, -0.2) is 15.0 Å². The van der Waals surface area contributed by atoms with E-state index in [1.807, 2.05) is 48.2 Å².